The largest absolute Gasteiger partial charge is 0.337 e. The number of rotatable bonds is 5. The number of amides is 1. The zero-order chi connectivity index (χ0) is 22.9. The Kier molecular flexibility index (Phi) is 5.68. The summed E-state index contributed by atoms with van der Waals surface area (Å²) < 4.78 is 4.06. The SMILES string of the molecule is CCc1c(-c2nc3cc(C(=O)N4CCC[C@@H](N)C4)ccc3n2CC)cnn1-c1ccccn1. The Morgan fingerprint density at radius 3 is 2.82 bits per heavy atom. The maximum atomic E-state index is 13.1. The molecule has 0 unspecified atom stereocenters. The fourth-order valence-corrected chi connectivity index (χ4v) is 4.74. The van der Waals surface area contributed by atoms with Crippen molar-refractivity contribution in [3.63, 3.8) is 0 Å². The van der Waals surface area contributed by atoms with Crippen molar-refractivity contribution in [2.24, 2.45) is 5.73 Å². The van der Waals surface area contributed by atoms with Crippen molar-refractivity contribution in [1.82, 2.24) is 29.2 Å². The smallest absolute Gasteiger partial charge is 0.253 e. The topological polar surface area (TPSA) is 94.9 Å². The summed E-state index contributed by atoms with van der Waals surface area (Å²) in [6.07, 6.45) is 6.34. The highest BCUT2D eigenvalue weighted by molar-refractivity contribution is 5.98. The number of hydrogen-bond acceptors (Lipinski definition) is 5. The van der Waals surface area contributed by atoms with Gasteiger partial charge in [-0.3, -0.25) is 4.79 Å². The monoisotopic (exact) mass is 443 g/mol. The van der Waals surface area contributed by atoms with Gasteiger partial charge in [0.25, 0.3) is 5.91 Å². The average Bonchev–Trinajstić information content (AvgIpc) is 3.44. The Morgan fingerprint density at radius 1 is 1.21 bits per heavy atom. The molecular formula is C25H29N7O. The van der Waals surface area contributed by atoms with E-state index in [9.17, 15) is 4.79 Å². The maximum absolute atomic E-state index is 13.1. The van der Waals surface area contributed by atoms with Gasteiger partial charge in [-0.05, 0) is 56.5 Å². The average molecular weight is 444 g/mol. The molecule has 5 rings (SSSR count). The van der Waals surface area contributed by atoms with Gasteiger partial charge in [0.2, 0.25) is 0 Å². The number of pyridine rings is 1. The number of carbonyl (C=O) groups is 1. The van der Waals surface area contributed by atoms with E-state index in [1.54, 1.807) is 6.20 Å². The summed E-state index contributed by atoms with van der Waals surface area (Å²) in [5.74, 6) is 1.67. The van der Waals surface area contributed by atoms with Crippen molar-refractivity contribution in [2.45, 2.75) is 45.7 Å². The molecular weight excluding hydrogens is 414 g/mol. The molecule has 3 aromatic heterocycles. The molecule has 1 aliphatic rings. The van der Waals surface area contributed by atoms with Crippen LogP contribution in [-0.4, -0.2) is 54.3 Å². The molecule has 1 saturated heterocycles. The number of imidazole rings is 1. The van der Waals surface area contributed by atoms with Crippen molar-refractivity contribution in [3.8, 4) is 17.2 Å². The molecule has 1 aromatic carbocycles. The number of benzene rings is 1. The van der Waals surface area contributed by atoms with Crippen molar-refractivity contribution in [2.75, 3.05) is 13.1 Å². The summed E-state index contributed by atoms with van der Waals surface area (Å²) >= 11 is 0. The standard InChI is InChI=1S/C25H29N7O/c1-3-21-19(15-28-32(21)23-9-5-6-12-27-23)24-29-20-14-17(10-11-22(20)31(24)4-2)25(33)30-13-7-8-18(26)16-30/h5-6,9-12,14-15,18H,3-4,7-8,13,16,26H2,1-2H3/t18-/m1/s1. The first-order valence-electron chi connectivity index (χ1n) is 11.6. The number of aryl methyl sites for hydroxylation is 1. The number of hydrogen-bond donors (Lipinski definition) is 1. The van der Waals surface area contributed by atoms with Crippen LogP contribution < -0.4 is 5.73 Å². The lowest BCUT2D eigenvalue weighted by Crippen LogP contribution is -2.45. The van der Waals surface area contributed by atoms with Crippen molar-refractivity contribution in [1.29, 1.82) is 0 Å². The number of piperidine rings is 1. The van der Waals surface area contributed by atoms with Crippen LogP contribution in [0.25, 0.3) is 28.2 Å². The van der Waals surface area contributed by atoms with Gasteiger partial charge in [0.05, 0.1) is 28.5 Å². The molecule has 8 nitrogen and oxygen atoms in total. The second-order valence-electron chi connectivity index (χ2n) is 8.49. The molecule has 0 spiro atoms. The van der Waals surface area contributed by atoms with E-state index in [4.69, 9.17) is 10.7 Å². The van der Waals surface area contributed by atoms with E-state index in [1.165, 1.54) is 0 Å². The Morgan fingerprint density at radius 2 is 2.09 bits per heavy atom. The first-order valence-corrected chi connectivity index (χ1v) is 11.6. The molecule has 33 heavy (non-hydrogen) atoms. The minimum absolute atomic E-state index is 0.0249. The van der Waals surface area contributed by atoms with Crippen LogP contribution in [0.15, 0.2) is 48.8 Å². The van der Waals surface area contributed by atoms with Gasteiger partial charge in [-0.2, -0.15) is 5.10 Å². The fraction of sp³-hybridized carbons (Fsp3) is 0.360. The molecule has 170 valence electrons. The van der Waals surface area contributed by atoms with E-state index in [-0.39, 0.29) is 11.9 Å². The van der Waals surface area contributed by atoms with Gasteiger partial charge >= 0.3 is 0 Å². The number of nitrogens with zero attached hydrogens (tertiary/aromatic N) is 6. The number of aromatic nitrogens is 5. The van der Waals surface area contributed by atoms with Crippen molar-refractivity contribution < 1.29 is 4.79 Å². The second-order valence-corrected chi connectivity index (χ2v) is 8.49. The van der Waals surface area contributed by atoms with Gasteiger partial charge in [-0.15, -0.1) is 0 Å². The molecule has 2 N–H and O–H groups in total. The van der Waals surface area contributed by atoms with Crippen molar-refractivity contribution >= 4 is 16.9 Å². The third-order valence-electron chi connectivity index (χ3n) is 6.37. The summed E-state index contributed by atoms with van der Waals surface area (Å²) in [4.78, 5) is 24.4. The fourth-order valence-electron chi connectivity index (χ4n) is 4.74. The van der Waals surface area contributed by atoms with Crippen LogP contribution in [-0.2, 0) is 13.0 Å². The molecule has 4 heterocycles. The first kappa shape index (κ1) is 21.3. The predicted molar refractivity (Wildman–Crippen MR) is 128 cm³/mol. The minimum atomic E-state index is 0.0249. The van der Waals surface area contributed by atoms with Crippen LogP contribution in [0.4, 0.5) is 0 Å². The van der Waals surface area contributed by atoms with E-state index in [2.05, 4.69) is 28.5 Å². The Hall–Kier alpha value is -3.52. The molecule has 4 aromatic rings. The lowest BCUT2D eigenvalue weighted by molar-refractivity contribution is 0.0709. The summed E-state index contributed by atoms with van der Waals surface area (Å²) in [7, 11) is 0. The molecule has 1 amide bonds. The molecule has 0 bridgehead atoms. The van der Waals surface area contributed by atoms with Gasteiger partial charge in [-0.25, -0.2) is 14.6 Å². The van der Waals surface area contributed by atoms with E-state index in [0.29, 0.717) is 12.1 Å². The zero-order valence-corrected chi connectivity index (χ0v) is 19.1. The summed E-state index contributed by atoms with van der Waals surface area (Å²) in [6.45, 7) is 6.34. The lowest BCUT2D eigenvalue weighted by atomic mass is 10.1. The zero-order valence-electron chi connectivity index (χ0n) is 19.1. The van der Waals surface area contributed by atoms with E-state index >= 15 is 0 Å². The van der Waals surface area contributed by atoms with Gasteiger partial charge in [0, 0.05) is 37.4 Å². The molecule has 1 atom stereocenters. The van der Waals surface area contributed by atoms with Gasteiger partial charge in [0.15, 0.2) is 5.82 Å². The molecule has 8 heteroatoms. The highest BCUT2D eigenvalue weighted by atomic mass is 16.2. The Balaban J connectivity index is 1.56. The molecule has 1 aliphatic heterocycles. The van der Waals surface area contributed by atoms with Gasteiger partial charge < -0.3 is 15.2 Å². The van der Waals surface area contributed by atoms with Gasteiger partial charge in [0.1, 0.15) is 5.82 Å². The van der Waals surface area contributed by atoms with E-state index < -0.39 is 0 Å². The maximum Gasteiger partial charge on any atom is 0.253 e. The van der Waals surface area contributed by atoms with E-state index in [1.807, 2.05) is 52.2 Å². The summed E-state index contributed by atoms with van der Waals surface area (Å²) in [5, 5.41) is 4.62. The van der Waals surface area contributed by atoms with Crippen LogP contribution in [0.1, 0.15) is 42.7 Å². The third kappa shape index (κ3) is 3.80. The summed E-state index contributed by atoms with van der Waals surface area (Å²) in [5.41, 5.74) is 10.6. The number of nitrogens with two attached hydrogens (primary N) is 1. The summed E-state index contributed by atoms with van der Waals surface area (Å²) in [6, 6.07) is 11.7. The second kappa shape index (κ2) is 8.78. The molecule has 0 saturated carbocycles. The molecule has 1 fully saturated rings. The van der Waals surface area contributed by atoms with Crippen LogP contribution in [0.2, 0.25) is 0 Å². The number of carbonyl (C=O) groups excluding carboxylic acids is 1. The van der Waals surface area contributed by atoms with Crippen LogP contribution in [0.5, 0.6) is 0 Å². The van der Waals surface area contributed by atoms with Crippen LogP contribution >= 0.6 is 0 Å². The van der Waals surface area contributed by atoms with Crippen molar-refractivity contribution in [3.05, 3.63) is 60.0 Å². The predicted octanol–water partition coefficient (Wildman–Crippen LogP) is 3.43. The minimum Gasteiger partial charge on any atom is -0.337 e. The number of likely N-dealkylation sites (tertiary alicyclic amines) is 1. The molecule has 0 radical (unpaired) electrons. The first-order chi connectivity index (χ1) is 16.1. The van der Waals surface area contributed by atoms with Crippen LogP contribution in [0, 0.1) is 0 Å². The Bertz CT molecular complexity index is 1290. The highest BCUT2D eigenvalue weighted by Crippen LogP contribution is 2.30. The normalized spacial score (nSPS) is 16.5. The highest BCUT2D eigenvalue weighted by Gasteiger charge is 2.24. The Labute approximate surface area is 193 Å². The van der Waals surface area contributed by atoms with Gasteiger partial charge in [-0.1, -0.05) is 13.0 Å². The number of fused-ring (bicyclic) bond motifs is 1. The quantitative estimate of drug-likeness (QED) is 0.510. The third-order valence-corrected chi connectivity index (χ3v) is 6.37. The lowest BCUT2D eigenvalue weighted by Gasteiger charge is -2.30. The van der Waals surface area contributed by atoms with Crippen LogP contribution in [0.3, 0.4) is 0 Å². The van der Waals surface area contributed by atoms with E-state index in [0.717, 1.165) is 66.3 Å². The molecule has 0 aliphatic carbocycles.